The van der Waals surface area contributed by atoms with Gasteiger partial charge in [0.05, 0.1) is 0 Å². The molecule has 2 aromatic rings. The number of hydrogen-bond acceptors (Lipinski definition) is 3. The van der Waals surface area contributed by atoms with Gasteiger partial charge >= 0.3 is 0 Å². The van der Waals surface area contributed by atoms with Gasteiger partial charge in [-0.05, 0) is 53.0 Å². The smallest absolute Gasteiger partial charge is 0.122 e. The molecular weight excluding hydrogens is 310 g/mol. The third-order valence-electron chi connectivity index (χ3n) is 2.72. The Labute approximate surface area is 120 Å². The van der Waals surface area contributed by atoms with Crippen LogP contribution in [0.2, 0.25) is 0 Å². The predicted molar refractivity (Wildman–Crippen MR) is 80.1 cm³/mol. The highest BCUT2D eigenvalue weighted by Crippen LogP contribution is 2.25. The van der Waals surface area contributed by atoms with Gasteiger partial charge in [-0.2, -0.15) is 0 Å². The van der Waals surface area contributed by atoms with Crippen molar-refractivity contribution in [3.05, 3.63) is 50.1 Å². The number of ether oxygens (including phenoxy) is 1. The third-order valence-corrected chi connectivity index (χ3v) is 4.39. The van der Waals surface area contributed by atoms with E-state index in [0.717, 1.165) is 21.3 Å². The molecule has 2 N–H and O–H groups in total. The van der Waals surface area contributed by atoms with E-state index >= 15 is 0 Å². The molecule has 0 saturated carbocycles. The molecule has 96 valence electrons. The van der Waals surface area contributed by atoms with E-state index in [9.17, 15) is 0 Å². The summed E-state index contributed by atoms with van der Waals surface area (Å²) in [5.41, 5.74) is 8.12. The molecule has 0 spiro atoms. The first-order valence-electron chi connectivity index (χ1n) is 5.78. The fraction of sp³-hybridized carbons (Fsp3) is 0.286. The quantitative estimate of drug-likeness (QED) is 0.903. The second-order valence-electron chi connectivity index (χ2n) is 4.33. The molecule has 0 radical (unpaired) electrons. The molecule has 0 amide bonds. The zero-order valence-corrected chi connectivity index (χ0v) is 12.8. The number of nitrogens with two attached hydrogens (primary N) is 1. The zero-order chi connectivity index (χ0) is 13.1. The lowest BCUT2D eigenvalue weighted by atomic mass is 10.1. The summed E-state index contributed by atoms with van der Waals surface area (Å²) >= 11 is 5.13. The van der Waals surface area contributed by atoms with E-state index in [2.05, 4.69) is 33.4 Å². The Hall–Kier alpha value is -0.840. The highest BCUT2D eigenvalue weighted by atomic mass is 79.9. The maximum Gasteiger partial charge on any atom is 0.122 e. The minimum absolute atomic E-state index is 0.0611. The van der Waals surface area contributed by atoms with E-state index in [4.69, 9.17) is 10.5 Å². The van der Waals surface area contributed by atoms with Gasteiger partial charge in [-0.15, -0.1) is 11.3 Å². The molecule has 4 heteroatoms. The van der Waals surface area contributed by atoms with Gasteiger partial charge < -0.3 is 10.5 Å². The van der Waals surface area contributed by atoms with Crippen molar-refractivity contribution in [2.45, 2.75) is 26.5 Å². The molecule has 1 aromatic heterocycles. The second kappa shape index (κ2) is 5.87. The number of rotatable bonds is 4. The lowest BCUT2D eigenvalue weighted by Gasteiger charge is -2.11. The average molecular weight is 326 g/mol. The monoisotopic (exact) mass is 325 g/mol. The van der Waals surface area contributed by atoms with E-state index in [1.165, 1.54) is 4.88 Å². The van der Waals surface area contributed by atoms with Crippen LogP contribution in [-0.4, -0.2) is 0 Å². The van der Waals surface area contributed by atoms with Crippen molar-refractivity contribution in [1.82, 2.24) is 0 Å². The minimum atomic E-state index is 0.0611. The minimum Gasteiger partial charge on any atom is -0.488 e. The average Bonchev–Trinajstić information content (AvgIpc) is 2.73. The number of hydrogen-bond donors (Lipinski definition) is 1. The first-order chi connectivity index (χ1) is 8.56. The van der Waals surface area contributed by atoms with Gasteiger partial charge in [-0.25, -0.2) is 0 Å². The highest BCUT2D eigenvalue weighted by molar-refractivity contribution is 9.10. The van der Waals surface area contributed by atoms with E-state index < -0.39 is 0 Å². The fourth-order valence-corrected chi connectivity index (χ4v) is 3.06. The van der Waals surface area contributed by atoms with Crippen molar-refractivity contribution in [1.29, 1.82) is 0 Å². The number of halogens is 1. The Bertz CT molecular complexity index is 536. The van der Waals surface area contributed by atoms with Gasteiger partial charge in [0.25, 0.3) is 0 Å². The molecule has 1 unspecified atom stereocenters. The SMILES string of the molecule is Cc1cc(C(C)N)ccc1OCc1cc(Br)cs1. The van der Waals surface area contributed by atoms with Gasteiger partial charge in [0, 0.05) is 20.8 Å². The summed E-state index contributed by atoms with van der Waals surface area (Å²) in [6.07, 6.45) is 0. The van der Waals surface area contributed by atoms with Crippen molar-refractivity contribution in [2.24, 2.45) is 5.73 Å². The summed E-state index contributed by atoms with van der Waals surface area (Å²) in [6, 6.07) is 8.25. The van der Waals surface area contributed by atoms with Gasteiger partial charge in [0.15, 0.2) is 0 Å². The van der Waals surface area contributed by atoms with E-state index in [1.807, 2.05) is 26.0 Å². The maximum absolute atomic E-state index is 5.86. The Morgan fingerprint density at radius 2 is 2.17 bits per heavy atom. The van der Waals surface area contributed by atoms with Crippen LogP contribution in [0.5, 0.6) is 5.75 Å². The molecule has 0 bridgehead atoms. The Kier molecular flexibility index (Phi) is 4.43. The van der Waals surface area contributed by atoms with Crippen LogP contribution in [0.4, 0.5) is 0 Å². The van der Waals surface area contributed by atoms with E-state index in [1.54, 1.807) is 11.3 Å². The molecule has 18 heavy (non-hydrogen) atoms. The zero-order valence-electron chi connectivity index (χ0n) is 10.4. The first-order valence-corrected chi connectivity index (χ1v) is 7.45. The van der Waals surface area contributed by atoms with Crippen molar-refractivity contribution in [2.75, 3.05) is 0 Å². The number of benzene rings is 1. The molecule has 0 fully saturated rings. The molecule has 0 aliphatic carbocycles. The van der Waals surface area contributed by atoms with Crippen LogP contribution in [0.15, 0.2) is 34.1 Å². The first kappa shape index (κ1) is 13.6. The standard InChI is InChI=1S/C14H16BrNOS/c1-9-5-11(10(2)16)3-4-14(9)17-7-13-6-12(15)8-18-13/h3-6,8,10H,7,16H2,1-2H3. The summed E-state index contributed by atoms with van der Waals surface area (Å²) < 4.78 is 6.93. The topological polar surface area (TPSA) is 35.2 Å². The van der Waals surface area contributed by atoms with Crippen LogP contribution in [0.3, 0.4) is 0 Å². The summed E-state index contributed by atoms with van der Waals surface area (Å²) in [4.78, 5) is 1.21. The molecule has 2 rings (SSSR count). The normalized spacial score (nSPS) is 12.4. The highest BCUT2D eigenvalue weighted by Gasteiger charge is 2.05. The van der Waals surface area contributed by atoms with Gasteiger partial charge in [0.2, 0.25) is 0 Å². The summed E-state index contributed by atoms with van der Waals surface area (Å²) in [5, 5.41) is 2.06. The van der Waals surface area contributed by atoms with Crippen LogP contribution in [0.1, 0.15) is 29.0 Å². The number of thiophene rings is 1. The van der Waals surface area contributed by atoms with Crippen LogP contribution < -0.4 is 10.5 Å². The molecule has 2 nitrogen and oxygen atoms in total. The molecule has 0 aliphatic heterocycles. The van der Waals surface area contributed by atoms with Crippen LogP contribution in [-0.2, 0) is 6.61 Å². The van der Waals surface area contributed by atoms with Crippen LogP contribution in [0, 0.1) is 6.92 Å². The van der Waals surface area contributed by atoms with Crippen molar-refractivity contribution >= 4 is 27.3 Å². The maximum atomic E-state index is 5.86. The summed E-state index contributed by atoms with van der Waals surface area (Å²) in [6.45, 7) is 4.64. The molecule has 0 saturated heterocycles. The van der Waals surface area contributed by atoms with E-state index in [-0.39, 0.29) is 6.04 Å². The van der Waals surface area contributed by atoms with Gasteiger partial charge in [0.1, 0.15) is 12.4 Å². The predicted octanol–water partition coefficient (Wildman–Crippen LogP) is 4.42. The van der Waals surface area contributed by atoms with Gasteiger partial charge in [-0.3, -0.25) is 0 Å². The van der Waals surface area contributed by atoms with E-state index in [0.29, 0.717) is 6.61 Å². The molecule has 0 aliphatic rings. The van der Waals surface area contributed by atoms with Gasteiger partial charge in [-0.1, -0.05) is 12.1 Å². The van der Waals surface area contributed by atoms with Crippen molar-refractivity contribution in [3.63, 3.8) is 0 Å². The molecule has 1 aromatic carbocycles. The Morgan fingerprint density at radius 3 is 2.72 bits per heavy atom. The lowest BCUT2D eigenvalue weighted by Crippen LogP contribution is -2.05. The van der Waals surface area contributed by atoms with Crippen LogP contribution in [0.25, 0.3) is 0 Å². The Morgan fingerprint density at radius 1 is 1.39 bits per heavy atom. The largest absolute Gasteiger partial charge is 0.488 e. The second-order valence-corrected chi connectivity index (χ2v) is 6.24. The van der Waals surface area contributed by atoms with Crippen LogP contribution >= 0.6 is 27.3 Å². The molecule has 1 atom stereocenters. The Balaban J connectivity index is 2.05. The molecule has 1 heterocycles. The third kappa shape index (κ3) is 3.34. The number of aryl methyl sites for hydroxylation is 1. The van der Waals surface area contributed by atoms with Crippen molar-refractivity contribution in [3.8, 4) is 5.75 Å². The summed E-state index contributed by atoms with van der Waals surface area (Å²) in [5.74, 6) is 0.920. The molecular formula is C14H16BrNOS. The van der Waals surface area contributed by atoms with Crippen molar-refractivity contribution < 1.29 is 4.74 Å². The fourth-order valence-electron chi connectivity index (χ4n) is 1.70. The lowest BCUT2D eigenvalue weighted by molar-refractivity contribution is 0.307. The summed E-state index contributed by atoms with van der Waals surface area (Å²) in [7, 11) is 0.